The Morgan fingerprint density at radius 1 is 1.33 bits per heavy atom. The molecule has 2 unspecified atom stereocenters. The van der Waals surface area contributed by atoms with Gasteiger partial charge in [-0.3, -0.25) is 4.79 Å². The summed E-state index contributed by atoms with van der Waals surface area (Å²) in [7, 11) is 0. The fraction of sp³-hybridized carbons (Fsp3) is 0.917. The van der Waals surface area contributed by atoms with Crippen molar-refractivity contribution in [2.24, 2.45) is 5.92 Å². The summed E-state index contributed by atoms with van der Waals surface area (Å²) in [6, 6.07) is 0. The fourth-order valence-corrected chi connectivity index (χ4v) is 2.04. The second kappa shape index (κ2) is 6.83. The topological polar surface area (TPSA) is 46.5 Å². The molecule has 2 atom stereocenters. The van der Waals surface area contributed by atoms with Gasteiger partial charge in [-0.15, -0.1) is 0 Å². The van der Waals surface area contributed by atoms with Gasteiger partial charge in [-0.2, -0.15) is 0 Å². The lowest BCUT2D eigenvalue weighted by Crippen LogP contribution is -2.42. The minimum absolute atomic E-state index is 0.266. The highest BCUT2D eigenvalue weighted by Crippen LogP contribution is 2.30. The van der Waals surface area contributed by atoms with E-state index in [0.717, 1.165) is 6.42 Å². The first kappa shape index (κ1) is 14.4. The summed E-state index contributed by atoms with van der Waals surface area (Å²) in [5, 5.41) is 10.4. The maximum atomic E-state index is 11.7. The number of aliphatic hydroxyl groups is 1. The molecule has 0 aliphatic rings. The highest BCUT2D eigenvalue weighted by molar-refractivity contribution is 5.73. The Labute approximate surface area is 92.8 Å². The number of rotatable bonds is 7. The highest BCUT2D eigenvalue weighted by atomic mass is 16.5. The van der Waals surface area contributed by atoms with E-state index in [4.69, 9.17) is 4.74 Å². The van der Waals surface area contributed by atoms with Gasteiger partial charge in [0.1, 0.15) is 0 Å². The molecule has 0 aromatic rings. The molecule has 0 aliphatic heterocycles. The van der Waals surface area contributed by atoms with Crippen molar-refractivity contribution in [1.82, 2.24) is 0 Å². The smallest absolute Gasteiger partial charge is 0.311 e. The molecule has 15 heavy (non-hydrogen) atoms. The highest BCUT2D eigenvalue weighted by Gasteiger charge is 2.38. The molecule has 1 N–H and O–H groups in total. The zero-order chi connectivity index (χ0) is 11.9. The van der Waals surface area contributed by atoms with Crippen molar-refractivity contribution in [3.8, 4) is 0 Å². The molecule has 0 heterocycles. The molecule has 0 aliphatic carbocycles. The van der Waals surface area contributed by atoms with Gasteiger partial charge in [0.25, 0.3) is 0 Å². The van der Waals surface area contributed by atoms with Crippen molar-refractivity contribution in [2.75, 3.05) is 6.61 Å². The van der Waals surface area contributed by atoms with Crippen LogP contribution in [0.4, 0.5) is 0 Å². The minimum atomic E-state index is -0.893. The SMILES string of the molecule is CCCC(O)(CC)C(CC)C(=O)OCC. The van der Waals surface area contributed by atoms with Crippen molar-refractivity contribution in [2.45, 2.75) is 59.0 Å². The monoisotopic (exact) mass is 216 g/mol. The van der Waals surface area contributed by atoms with Crippen LogP contribution in [0.2, 0.25) is 0 Å². The minimum Gasteiger partial charge on any atom is -0.466 e. The van der Waals surface area contributed by atoms with E-state index in [2.05, 4.69) is 0 Å². The molecule has 0 aromatic heterocycles. The van der Waals surface area contributed by atoms with Crippen LogP contribution in [-0.2, 0) is 9.53 Å². The first-order valence-corrected chi connectivity index (χ1v) is 5.94. The Morgan fingerprint density at radius 2 is 1.93 bits per heavy atom. The number of ether oxygens (including phenoxy) is 1. The van der Waals surface area contributed by atoms with Crippen LogP contribution in [0.5, 0.6) is 0 Å². The number of carbonyl (C=O) groups is 1. The van der Waals surface area contributed by atoms with Crippen LogP contribution < -0.4 is 0 Å². The van der Waals surface area contributed by atoms with Gasteiger partial charge in [0.05, 0.1) is 18.1 Å². The third-order valence-corrected chi connectivity index (χ3v) is 2.92. The molecular weight excluding hydrogens is 192 g/mol. The third-order valence-electron chi connectivity index (χ3n) is 2.92. The first-order valence-electron chi connectivity index (χ1n) is 5.94. The predicted octanol–water partition coefficient (Wildman–Crippen LogP) is 2.52. The fourth-order valence-electron chi connectivity index (χ4n) is 2.04. The third kappa shape index (κ3) is 3.82. The van der Waals surface area contributed by atoms with E-state index in [1.165, 1.54) is 0 Å². The van der Waals surface area contributed by atoms with Gasteiger partial charge in [-0.05, 0) is 26.2 Å². The largest absolute Gasteiger partial charge is 0.466 e. The van der Waals surface area contributed by atoms with Crippen LogP contribution in [-0.4, -0.2) is 23.3 Å². The summed E-state index contributed by atoms with van der Waals surface area (Å²) in [5.41, 5.74) is -0.893. The quantitative estimate of drug-likeness (QED) is 0.665. The van der Waals surface area contributed by atoms with E-state index in [1.807, 2.05) is 20.8 Å². The Hall–Kier alpha value is -0.570. The van der Waals surface area contributed by atoms with Crippen LogP contribution in [0.15, 0.2) is 0 Å². The molecular formula is C12H24O3. The van der Waals surface area contributed by atoms with Gasteiger partial charge in [-0.25, -0.2) is 0 Å². The number of hydrogen-bond donors (Lipinski definition) is 1. The predicted molar refractivity (Wildman–Crippen MR) is 60.6 cm³/mol. The summed E-state index contributed by atoms with van der Waals surface area (Å²) < 4.78 is 4.99. The van der Waals surface area contributed by atoms with Gasteiger partial charge in [0, 0.05) is 0 Å². The summed E-state index contributed by atoms with van der Waals surface area (Å²) in [6.07, 6.45) is 2.75. The van der Waals surface area contributed by atoms with E-state index in [1.54, 1.807) is 6.92 Å². The molecule has 90 valence electrons. The van der Waals surface area contributed by atoms with Crippen LogP contribution in [0.25, 0.3) is 0 Å². The van der Waals surface area contributed by atoms with Gasteiger partial charge < -0.3 is 9.84 Å². The van der Waals surface area contributed by atoms with Crippen LogP contribution in [0.3, 0.4) is 0 Å². The number of carbonyl (C=O) groups excluding carboxylic acids is 1. The first-order chi connectivity index (χ1) is 7.05. The van der Waals surface area contributed by atoms with Crippen LogP contribution in [0.1, 0.15) is 53.4 Å². The molecule has 0 radical (unpaired) electrons. The van der Waals surface area contributed by atoms with Crippen molar-refractivity contribution in [3.63, 3.8) is 0 Å². The number of esters is 1. The molecule has 3 heteroatoms. The second-order valence-electron chi connectivity index (χ2n) is 3.92. The van der Waals surface area contributed by atoms with Crippen molar-refractivity contribution in [1.29, 1.82) is 0 Å². The molecule has 0 saturated heterocycles. The molecule has 0 amide bonds. The molecule has 0 saturated carbocycles. The molecule has 0 fully saturated rings. The Morgan fingerprint density at radius 3 is 2.27 bits per heavy atom. The van der Waals surface area contributed by atoms with E-state index in [9.17, 15) is 9.90 Å². The van der Waals surface area contributed by atoms with E-state index in [-0.39, 0.29) is 11.9 Å². The maximum absolute atomic E-state index is 11.7. The maximum Gasteiger partial charge on any atom is 0.311 e. The van der Waals surface area contributed by atoms with Gasteiger partial charge in [-0.1, -0.05) is 27.2 Å². The molecule has 0 bridgehead atoms. The van der Waals surface area contributed by atoms with Crippen molar-refractivity contribution < 1.29 is 14.6 Å². The Bertz CT molecular complexity index is 191. The lowest BCUT2D eigenvalue weighted by Gasteiger charge is -2.33. The molecule has 0 spiro atoms. The average Bonchev–Trinajstić information content (AvgIpc) is 2.19. The summed E-state index contributed by atoms with van der Waals surface area (Å²) >= 11 is 0. The zero-order valence-electron chi connectivity index (χ0n) is 10.4. The Kier molecular flexibility index (Phi) is 6.57. The van der Waals surface area contributed by atoms with Crippen molar-refractivity contribution >= 4 is 5.97 Å². The van der Waals surface area contributed by atoms with Crippen molar-refractivity contribution in [3.05, 3.63) is 0 Å². The molecule has 0 rings (SSSR count). The van der Waals surface area contributed by atoms with E-state index < -0.39 is 5.60 Å². The summed E-state index contributed by atoms with van der Waals surface area (Å²) in [4.78, 5) is 11.7. The van der Waals surface area contributed by atoms with Gasteiger partial charge >= 0.3 is 5.97 Å². The van der Waals surface area contributed by atoms with E-state index in [0.29, 0.717) is 25.9 Å². The van der Waals surface area contributed by atoms with Crippen LogP contribution >= 0.6 is 0 Å². The summed E-state index contributed by atoms with van der Waals surface area (Å²) in [6.45, 7) is 8.00. The summed E-state index contributed by atoms with van der Waals surface area (Å²) in [5.74, 6) is -0.653. The van der Waals surface area contributed by atoms with Gasteiger partial charge in [0.2, 0.25) is 0 Å². The number of hydrogen-bond acceptors (Lipinski definition) is 3. The molecule has 3 nitrogen and oxygen atoms in total. The average molecular weight is 216 g/mol. The standard InChI is InChI=1S/C12H24O3/c1-5-9-12(14,7-3)10(6-2)11(13)15-8-4/h10,14H,5-9H2,1-4H3. The normalized spacial score (nSPS) is 16.9. The van der Waals surface area contributed by atoms with E-state index >= 15 is 0 Å². The molecule has 0 aromatic carbocycles. The lowest BCUT2D eigenvalue weighted by molar-refractivity contribution is -0.159. The Balaban J connectivity index is 4.66. The van der Waals surface area contributed by atoms with Gasteiger partial charge in [0.15, 0.2) is 0 Å². The van der Waals surface area contributed by atoms with Crippen LogP contribution in [0, 0.1) is 5.92 Å². The zero-order valence-corrected chi connectivity index (χ0v) is 10.4. The lowest BCUT2D eigenvalue weighted by atomic mass is 9.80. The second-order valence-corrected chi connectivity index (χ2v) is 3.92.